The van der Waals surface area contributed by atoms with Crippen LogP contribution in [-0.2, 0) is 21.9 Å². The van der Waals surface area contributed by atoms with E-state index in [1.807, 2.05) is 12.1 Å². The first-order chi connectivity index (χ1) is 11.6. The zero-order valence-electron chi connectivity index (χ0n) is 14.5. The lowest BCUT2D eigenvalue weighted by Crippen LogP contribution is -2.29. The normalized spacial score (nSPS) is 14.4. The summed E-state index contributed by atoms with van der Waals surface area (Å²) in [7, 11) is -3.66. The van der Waals surface area contributed by atoms with Gasteiger partial charge in [-0.2, -0.15) is 0 Å². The molecular weight excluding hydrogens is 338 g/mol. The van der Waals surface area contributed by atoms with Crippen molar-refractivity contribution in [2.45, 2.75) is 37.5 Å². The highest BCUT2D eigenvalue weighted by Crippen LogP contribution is 2.34. The van der Waals surface area contributed by atoms with Crippen molar-refractivity contribution in [1.82, 2.24) is 0 Å². The summed E-state index contributed by atoms with van der Waals surface area (Å²) in [4.78, 5) is 11.3. The van der Waals surface area contributed by atoms with Gasteiger partial charge < -0.3 is 5.11 Å². The van der Waals surface area contributed by atoms with Crippen LogP contribution >= 0.6 is 0 Å². The predicted octanol–water partition coefficient (Wildman–Crippen LogP) is 3.43. The summed E-state index contributed by atoms with van der Waals surface area (Å²) in [5.74, 6) is -1.01. The molecule has 132 valence electrons. The summed E-state index contributed by atoms with van der Waals surface area (Å²) in [5, 5.41) is 9.08. The largest absolute Gasteiger partial charge is 0.478 e. The van der Waals surface area contributed by atoms with E-state index in [0.717, 1.165) is 11.1 Å². The summed E-state index contributed by atoms with van der Waals surface area (Å²) in [6.07, 6.45) is 0.510. The molecule has 1 N–H and O–H groups in total. The first-order valence-electron chi connectivity index (χ1n) is 8.10. The van der Waals surface area contributed by atoms with Gasteiger partial charge in [0.05, 0.1) is 16.1 Å². The van der Waals surface area contributed by atoms with Crippen molar-refractivity contribution in [3.05, 3.63) is 59.2 Å². The Morgan fingerprint density at radius 1 is 1.08 bits per heavy atom. The molecular formula is C19H21NO4S. The highest BCUT2D eigenvalue weighted by atomic mass is 32.2. The van der Waals surface area contributed by atoms with Crippen LogP contribution in [0.5, 0.6) is 0 Å². The maximum Gasteiger partial charge on any atom is 0.335 e. The molecule has 2 aromatic carbocycles. The van der Waals surface area contributed by atoms with Crippen molar-refractivity contribution in [2.24, 2.45) is 0 Å². The minimum atomic E-state index is -3.66. The van der Waals surface area contributed by atoms with Crippen molar-refractivity contribution in [2.75, 3.05) is 10.8 Å². The predicted molar refractivity (Wildman–Crippen MR) is 96.8 cm³/mol. The molecule has 0 saturated carbocycles. The van der Waals surface area contributed by atoms with E-state index in [1.165, 1.54) is 10.4 Å². The quantitative estimate of drug-likeness (QED) is 0.911. The van der Waals surface area contributed by atoms with Crippen LogP contribution in [0.1, 0.15) is 42.3 Å². The van der Waals surface area contributed by atoms with Crippen molar-refractivity contribution in [1.29, 1.82) is 0 Å². The number of hydrogen-bond acceptors (Lipinski definition) is 3. The Balaban J connectivity index is 1.96. The fourth-order valence-electron chi connectivity index (χ4n) is 3.01. The van der Waals surface area contributed by atoms with E-state index in [1.54, 1.807) is 24.3 Å². The standard InChI is InChI=1S/C19H21NO4S/c1-19(2,3)15-5-7-16(8-6-15)25(23,24)20-11-10-13-12-14(18(21)22)4-9-17(13)20/h4-9,12H,10-11H2,1-3H3,(H,21,22). The van der Waals surface area contributed by atoms with Crippen molar-refractivity contribution in [3.8, 4) is 0 Å². The van der Waals surface area contributed by atoms with Crippen LogP contribution in [0.25, 0.3) is 0 Å². The van der Waals surface area contributed by atoms with E-state index in [-0.39, 0.29) is 15.9 Å². The van der Waals surface area contributed by atoms with Crippen LogP contribution < -0.4 is 4.31 Å². The molecule has 0 aromatic heterocycles. The summed E-state index contributed by atoms with van der Waals surface area (Å²) < 4.78 is 27.3. The number of hydrogen-bond donors (Lipinski definition) is 1. The molecule has 5 nitrogen and oxygen atoms in total. The Morgan fingerprint density at radius 3 is 2.28 bits per heavy atom. The van der Waals surface area contributed by atoms with Gasteiger partial charge in [0, 0.05) is 6.54 Å². The lowest BCUT2D eigenvalue weighted by Gasteiger charge is -2.22. The lowest BCUT2D eigenvalue weighted by molar-refractivity contribution is 0.0697. The Hall–Kier alpha value is -2.34. The molecule has 0 unspecified atom stereocenters. The number of aromatic carboxylic acids is 1. The van der Waals surface area contributed by atoms with Crippen LogP contribution in [-0.4, -0.2) is 26.0 Å². The SMILES string of the molecule is CC(C)(C)c1ccc(S(=O)(=O)N2CCc3cc(C(=O)O)ccc32)cc1. The molecule has 1 aliphatic rings. The van der Waals surface area contributed by atoms with Crippen LogP contribution in [0.4, 0.5) is 5.69 Å². The molecule has 0 fully saturated rings. The number of carboxylic acid groups (broad SMARTS) is 1. The van der Waals surface area contributed by atoms with Gasteiger partial charge in [0.1, 0.15) is 0 Å². The summed E-state index contributed by atoms with van der Waals surface area (Å²) >= 11 is 0. The maximum atomic E-state index is 13.0. The third kappa shape index (κ3) is 3.14. The topological polar surface area (TPSA) is 74.7 Å². The number of sulfonamides is 1. The van der Waals surface area contributed by atoms with Crippen molar-refractivity contribution in [3.63, 3.8) is 0 Å². The number of benzene rings is 2. The zero-order valence-corrected chi connectivity index (χ0v) is 15.3. The number of carbonyl (C=O) groups is 1. The molecule has 0 atom stereocenters. The number of nitrogens with zero attached hydrogens (tertiary/aromatic N) is 1. The molecule has 0 saturated heterocycles. The van der Waals surface area contributed by atoms with E-state index in [4.69, 9.17) is 5.11 Å². The Bertz CT molecular complexity index is 925. The molecule has 2 aromatic rings. The first-order valence-corrected chi connectivity index (χ1v) is 9.54. The first kappa shape index (κ1) is 17.5. The second-order valence-electron chi connectivity index (χ2n) is 7.25. The summed E-state index contributed by atoms with van der Waals surface area (Å²) in [6.45, 7) is 6.55. The van der Waals surface area contributed by atoms with E-state index in [0.29, 0.717) is 18.7 Å². The lowest BCUT2D eigenvalue weighted by atomic mass is 9.87. The molecule has 3 rings (SSSR count). The molecule has 0 bridgehead atoms. The van der Waals surface area contributed by atoms with Gasteiger partial charge in [0.2, 0.25) is 0 Å². The highest BCUT2D eigenvalue weighted by Gasteiger charge is 2.31. The molecule has 0 amide bonds. The van der Waals surface area contributed by atoms with Gasteiger partial charge >= 0.3 is 5.97 Å². The molecule has 0 aliphatic carbocycles. The molecule has 6 heteroatoms. The number of anilines is 1. The third-order valence-electron chi connectivity index (χ3n) is 4.49. The van der Waals surface area contributed by atoms with Gasteiger partial charge in [-0.05, 0) is 53.3 Å². The Morgan fingerprint density at radius 2 is 1.72 bits per heavy atom. The minimum Gasteiger partial charge on any atom is -0.478 e. The van der Waals surface area contributed by atoms with E-state index in [9.17, 15) is 13.2 Å². The minimum absolute atomic E-state index is 0.0459. The van der Waals surface area contributed by atoms with Gasteiger partial charge in [-0.1, -0.05) is 32.9 Å². The molecule has 0 radical (unpaired) electrons. The third-order valence-corrected chi connectivity index (χ3v) is 6.32. The smallest absolute Gasteiger partial charge is 0.335 e. The van der Waals surface area contributed by atoms with Gasteiger partial charge in [0.25, 0.3) is 10.0 Å². The maximum absolute atomic E-state index is 13.0. The fourth-order valence-corrected chi connectivity index (χ4v) is 4.51. The fraction of sp³-hybridized carbons (Fsp3) is 0.316. The summed E-state index contributed by atoms with van der Waals surface area (Å²) in [5.41, 5.74) is 2.50. The van der Waals surface area contributed by atoms with E-state index >= 15 is 0 Å². The van der Waals surface area contributed by atoms with Crippen molar-refractivity contribution >= 4 is 21.7 Å². The highest BCUT2D eigenvalue weighted by molar-refractivity contribution is 7.92. The molecule has 25 heavy (non-hydrogen) atoms. The Labute approximate surface area is 148 Å². The number of fused-ring (bicyclic) bond motifs is 1. The molecule has 1 aliphatic heterocycles. The van der Waals surface area contributed by atoms with Crippen molar-refractivity contribution < 1.29 is 18.3 Å². The molecule has 0 spiro atoms. The monoisotopic (exact) mass is 359 g/mol. The second kappa shape index (κ2) is 5.88. The van der Waals surface area contributed by atoms with Crippen LogP contribution in [0.3, 0.4) is 0 Å². The number of carboxylic acids is 1. The average molecular weight is 359 g/mol. The van der Waals surface area contributed by atoms with Crippen LogP contribution in [0.2, 0.25) is 0 Å². The van der Waals surface area contributed by atoms with Gasteiger partial charge in [-0.3, -0.25) is 4.31 Å². The van der Waals surface area contributed by atoms with Gasteiger partial charge in [0.15, 0.2) is 0 Å². The summed E-state index contributed by atoms with van der Waals surface area (Å²) in [6, 6.07) is 11.5. The van der Waals surface area contributed by atoms with Crippen LogP contribution in [0.15, 0.2) is 47.4 Å². The van der Waals surface area contributed by atoms with E-state index in [2.05, 4.69) is 20.8 Å². The van der Waals surface area contributed by atoms with E-state index < -0.39 is 16.0 Å². The number of rotatable bonds is 3. The zero-order chi connectivity index (χ0) is 18.4. The molecule has 1 heterocycles. The Kier molecular flexibility index (Phi) is 4.11. The second-order valence-corrected chi connectivity index (χ2v) is 9.11. The van der Waals surface area contributed by atoms with Crippen LogP contribution in [0, 0.1) is 0 Å². The average Bonchev–Trinajstić information content (AvgIpc) is 2.98. The van der Waals surface area contributed by atoms with Gasteiger partial charge in [-0.25, -0.2) is 13.2 Å². The van der Waals surface area contributed by atoms with Gasteiger partial charge in [-0.15, -0.1) is 0 Å².